The maximum absolute atomic E-state index is 13.2. The van der Waals surface area contributed by atoms with Gasteiger partial charge in [0, 0.05) is 6.42 Å². The summed E-state index contributed by atoms with van der Waals surface area (Å²) in [5, 5.41) is 18.4. The fourth-order valence-electron chi connectivity index (χ4n) is 2.65. The van der Waals surface area contributed by atoms with Gasteiger partial charge in [-0.25, -0.2) is 0 Å². The second kappa shape index (κ2) is 7.81. The Hall–Kier alpha value is -1.85. The van der Waals surface area contributed by atoms with Crippen LogP contribution in [0.5, 0.6) is 0 Å². The lowest BCUT2D eigenvalue weighted by Gasteiger charge is -2.16. The van der Waals surface area contributed by atoms with Crippen molar-refractivity contribution in [3.8, 4) is 0 Å². The zero-order valence-electron chi connectivity index (χ0n) is 13.5. The smallest absolute Gasteiger partial charge is 0.394 e. The van der Waals surface area contributed by atoms with E-state index in [1.165, 1.54) is 12.1 Å². The number of aliphatic hydroxyl groups is 2. The number of aryl methyl sites for hydroxylation is 1. The zero-order chi connectivity index (χ0) is 17.7. The van der Waals surface area contributed by atoms with E-state index in [-0.39, 0.29) is 18.4 Å². The number of benzene rings is 2. The largest absolute Gasteiger partial charge is 0.416 e. The normalized spacial score (nSPS) is 13.1. The molecule has 5 heteroatoms. The Morgan fingerprint density at radius 1 is 0.958 bits per heavy atom. The first kappa shape index (κ1) is 18.5. The van der Waals surface area contributed by atoms with Crippen LogP contribution in [-0.4, -0.2) is 22.9 Å². The highest BCUT2D eigenvalue weighted by molar-refractivity contribution is 5.38. The van der Waals surface area contributed by atoms with Gasteiger partial charge in [-0.1, -0.05) is 43.3 Å². The molecule has 0 aliphatic heterocycles. The molecular formula is C19H21F3O2. The third-order valence-electron chi connectivity index (χ3n) is 3.98. The molecule has 0 aromatic heterocycles. The summed E-state index contributed by atoms with van der Waals surface area (Å²) in [7, 11) is 0. The van der Waals surface area contributed by atoms with E-state index in [0.717, 1.165) is 23.6 Å². The van der Waals surface area contributed by atoms with Gasteiger partial charge in [0.2, 0.25) is 0 Å². The summed E-state index contributed by atoms with van der Waals surface area (Å²) in [6.07, 6.45) is -4.23. The Balaban J connectivity index is 2.33. The van der Waals surface area contributed by atoms with E-state index in [0.29, 0.717) is 5.56 Å². The van der Waals surface area contributed by atoms with Crippen molar-refractivity contribution in [2.45, 2.75) is 38.5 Å². The lowest BCUT2D eigenvalue weighted by molar-refractivity contribution is -0.138. The molecule has 2 aromatic rings. The maximum atomic E-state index is 13.2. The molecule has 0 heterocycles. The van der Waals surface area contributed by atoms with Gasteiger partial charge in [-0.15, -0.1) is 0 Å². The summed E-state index contributed by atoms with van der Waals surface area (Å²) in [6, 6.07) is 11.4. The van der Waals surface area contributed by atoms with Crippen LogP contribution in [0.15, 0.2) is 42.5 Å². The summed E-state index contributed by atoms with van der Waals surface area (Å²) < 4.78 is 39.7. The van der Waals surface area contributed by atoms with Gasteiger partial charge >= 0.3 is 6.18 Å². The number of hydrogen-bond donors (Lipinski definition) is 2. The highest BCUT2D eigenvalue weighted by Crippen LogP contribution is 2.33. The van der Waals surface area contributed by atoms with Crippen LogP contribution in [0.25, 0.3) is 0 Å². The minimum atomic E-state index is -4.42. The highest BCUT2D eigenvalue weighted by Gasteiger charge is 2.33. The van der Waals surface area contributed by atoms with Gasteiger partial charge in [-0.3, -0.25) is 0 Å². The van der Waals surface area contributed by atoms with Crippen LogP contribution >= 0.6 is 0 Å². The van der Waals surface area contributed by atoms with E-state index < -0.39 is 24.5 Å². The van der Waals surface area contributed by atoms with Gasteiger partial charge < -0.3 is 10.2 Å². The van der Waals surface area contributed by atoms with Crippen molar-refractivity contribution in [1.82, 2.24) is 0 Å². The summed E-state index contributed by atoms with van der Waals surface area (Å²) in [4.78, 5) is 0. The van der Waals surface area contributed by atoms with E-state index in [2.05, 4.69) is 0 Å². The number of rotatable bonds is 6. The molecule has 2 N–H and O–H groups in total. The van der Waals surface area contributed by atoms with Gasteiger partial charge in [-0.2, -0.15) is 13.2 Å². The molecule has 0 bridgehead atoms. The zero-order valence-corrected chi connectivity index (χ0v) is 13.5. The molecule has 24 heavy (non-hydrogen) atoms. The quantitative estimate of drug-likeness (QED) is 0.842. The molecule has 0 saturated heterocycles. The van der Waals surface area contributed by atoms with Crippen LogP contribution in [-0.2, 0) is 25.4 Å². The predicted octanol–water partition coefficient (Wildman–Crippen LogP) is 3.75. The minimum absolute atomic E-state index is 0.121. The minimum Gasteiger partial charge on any atom is -0.394 e. The second-order valence-electron chi connectivity index (χ2n) is 5.88. The Morgan fingerprint density at radius 3 is 2.08 bits per heavy atom. The molecule has 0 aliphatic carbocycles. The Morgan fingerprint density at radius 2 is 1.54 bits per heavy atom. The fraction of sp³-hybridized carbons (Fsp3) is 0.368. The predicted molar refractivity (Wildman–Crippen MR) is 86.9 cm³/mol. The molecule has 0 aliphatic rings. The van der Waals surface area contributed by atoms with E-state index in [1.807, 2.05) is 31.2 Å². The Bertz CT molecular complexity index is 663. The third kappa shape index (κ3) is 4.82. The summed E-state index contributed by atoms with van der Waals surface area (Å²) in [5.41, 5.74) is 2.02. The lowest BCUT2D eigenvalue weighted by atomic mass is 9.95. The first-order chi connectivity index (χ1) is 11.3. The molecule has 1 atom stereocenters. The first-order valence-corrected chi connectivity index (χ1v) is 7.89. The van der Waals surface area contributed by atoms with Gasteiger partial charge in [-0.05, 0) is 41.2 Å². The van der Waals surface area contributed by atoms with Crippen molar-refractivity contribution in [3.05, 3.63) is 70.3 Å². The number of halogens is 3. The molecule has 0 saturated carbocycles. The molecular weight excluding hydrogens is 317 g/mol. The molecule has 0 amide bonds. The molecule has 0 fully saturated rings. The lowest BCUT2D eigenvalue weighted by Crippen LogP contribution is -2.16. The SMILES string of the molecule is CCc1ccc(Cc2cc(C[C@H](O)CO)ccc2C(F)(F)F)cc1. The summed E-state index contributed by atoms with van der Waals surface area (Å²) in [6.45, 7) is 1.60. The van der Waals surface area contributed by atoms with Crippen LogP contribution in [0.1, 0.15) is 34.7 Å². The standard InChI is InChI=1S/C19H21F3O2/c1-2-13-3-5-14(6-4-13)9-16-10-15(11-17(24)12-23)7-8-18(16)19(20,21)22/h3-8,10,17,23-24H,2,9,11-12H2,1H3/t17-/m0/s1. The summed E-state index contributed by atoms with van der Waals surface area (Å²) >= 11 is 0. The van der Waals surface area contributed by atoms with Crippen LogP contribution in [0.2, 0.25) is 0 Å². The average molecular weight is 338 g/mol. The third-order valence-corrected chi connectivity index (χ3v) is 3.98. The van der Waals surface area contributed by atoms with E-state index >= 15 is 0 Å². The second-order valence-corrected chi connectivity index (χ2v) is 5.88. The molecule has 0 radical (unpaired) electrons. The maximum Gasteiger partial charge on any atom is 0.416 e. The van der Waals surface area contributed by atoms with E-state index in [1.54, 1.807) is 0 Å². The fourth-order valence-corrected chi connectivity index (χ4v) is 2.65. The van der Waals surface area contributed by atoms with Gasteiger partial charge in [0.05, 0.1) is 18.3 Å². The molecule has 0 spiro atoms. The monoisotopic (exact) mass is 338 g/mol. The number of alkyl halides is 3. The van der Waals surface area contributed by atoms with Crippen molar-refractivity contribution in [3.63, 3.8) is 0 Å². The number of hydrogen-bond acceptors (Lipinski definition) is 2. The number of aliphatic hydroxyl groups excluding tert-OH is 2. The van der Waals surface area contributed by atoms with Crippen LogP contribution in [0, 0.1) is 0 Å². The highest BCUT2D eigenvalue weighted by atomic mass is 19.4. The molecule has 2 aromatic carbocycles. The Labute approximate surface area is 139 Å². The molecule has 130 valence electrons. The van der Waals surface area contributed by atoms with Crippen LogP contribution < -0.4 is 0 Å². The molecule has 2 nitrogen and oxygen atoms in total. The average Bonchev–Trinajstić information content (AvgIpc) is 2.54. The molecule has 2 rings (SSSR count). The van der Waals surface area contributed by atoms with Crippen molar-refractivity contribution in [1.29, 1.82) is 0 Å². The topological polar surface area (TPSA) is 40.5 Å². The molecule has 0 unspecified atom stereocenters. The van der Waals surface area contributed by atoms with Crippen molar-refractivity contribution in [2.24, 2.45) is 0 Å². The van der Waals surface area contributed by atoms with E-state index in [4.69, 9.17) is 5.11 Å². The van der Waals surface area contributed by atoms with Gasteiger partial charge in [0.25, 0.3) is 0 Å². The van der Waals surface area contributed by atoms with Crippen LogP contribution in [0.3, 0.4) is 0 Å². The van der Waals surface area contributed by atoms with Crippen molar-refractivity contribution in [2.75, 3.05) is 6.61 Å². The van der Waals surface area contributed by atoms with Gasteiger partial charge in [0.15, 0.2) is 0 Å². The van der Waals surface area contributed by atoms with Gasteiger partial charge in [0.1, 0.15) is 0 Å². The van der Waals surface area contributed by atoms with Crippen molar-refractivity contribution < 1.29 is 23.4 Å². The van der Waals surface area contributed by atoms with Crippen LogP contribution in [0.4, 0.5) is 13.2 Å². The van der Waals surface area contributed by atoms with Crippen molar-refractivity contribution >= 4 is 0 Å². The first-order valence-electron chi connectivity index (χ1n) is 7.89. The van der Waals surface area contributed by atoms with E-state index in [9.17, 15) is 18.3 Å². The summed E-state index contributed by atoms with van der Waals surface area (Å²) in [5.74, 6) is 0. The Kier molecular flexibility index (Phi) is 6.02.